The molecular formula is C5H5Cl2NO2. The number of carbonyl (C=O) groups is 1. The van der Waals surface area contributed by atoms with E-state index < -0.39 is 12.1 Å². The van der Waals surface area contributed by atoms with Crippen molar-refractivity contribution in [1.82, 2.24) is 4.90 Å². The fraction of sp³-hybridized carbons (Fsp3) is 0.400. The number of hydrogen-bond donors (Lipinski definition) is 1. The zero-order valence-corrected chi connectivity index (χ0v) is 6.65. The van der Waals surface area contributed by atoms with E-state index in [4.69, 9.17) is 28.3 Å². The second kappa shape index (κ2) is 2.42. The van der Waals surface area contributed by atoms with Gasteiger partial charge in [0.1, 0.15) is 5.03 Å². The highest BCUT2D eigenvalue weighted by Gasteiger charge is 2.33. The Bertz CT molecular complexity index is 214. The molecule has 0 radical (unpaired) electrons. The van der Waals surface area contributed by atoms with Gasteiger partial charge >= 0.3 is 0 Å². The van der Waals surface area contributed by atoms with Crippen molar-refractivity contribution < 1.29 is 9.90 Å². The van der Waals surface area contributed by atoms with E-state index in [1.165, 1.54) is 7.05 Å². The van der Waals surface area contributed by atoms with Crippen LogP contribution in [0.5, 0.6) is 0 Å². The Morgan fingerprint density at radius 2 is 2.10 bits per heavy atom. The number of halogens is 2. The Morgan fingerprint density at radius 1 is 1.60 bits per heavy atom. The van der Waals surface area contributed by atoms with Gasteiger partial charge in [0.2, 0.25) is 0 Å². The molecule has 0 bridgehead atoms. The van der Waals surface area contributed by atoms with Gasteiger partial charge in [0, 0.05) is 7.05 Å². The van der Waals surface area contributed by atoms with Gasteiger partial charge in [0.25, 0.3) is 5.91 Å². The fourth-order valence-corrected chi connectivity index (χ4v) is 1.11. The second-order valence-corrected chi connectivity index (χ2v) is 2.74. The Kier molecular flexibility index (Phi) is 1.90. The van der Waals surface area contributed by atoms with Crippen LogP contribution in [0.2, 0.25) is 0 Å². The average molecular weight is 182 g/mol. The number of hydrogen-bond acceptors (Lipinski definition) is 2. The predicted octanol–water partition coefficient (Wildman–Crippen LogP) is 0.466. The number of carbonyl (C=O) groups excluding carboxylic acids is 1. The molecule has 0 saturated carbocycles. The van der Waals surface area contributed by atoms with Crippen LogP contribution < -0.4 is 0 Å². The summed E-state index contributed by atoms with van der Waals surface area (Å²) in [4.78, 5) is 11.9. The molecule has 1 atom stereocenters. The topological polar surface area (TPSA) is 40.5 Å². The summed E-state index contributed by atoms with van der Waals surface area (Å²) in [5, 5.41) is 8.93. The minimum atomic E-state index is -1.07. The van der Waals surface area contributed by atoms with Crippen molar-refractivity contribution in [2.24, 2.45) is 0 Å². The van der Waals surface area contributed by atoms with E-state index in [9.17, 15) is 4.79 Å². The van der Waals surface area contributed by atoms with Crippen LogP contribution in [0.1, 0.15) is 0 Å². The zero-order valence-electron chi connectivity index (χ0n) is 5.14. The quantitative estimate of drug-likeness (QED) is 0.591. The highest BCUT2D eigenvalue weighted by Crippen LogP contribution is 2.28. The van der Waals surface area contributed by atoms with Crippen molar-refractivity contribution in [2.45, 2.75) is 6.23 Å². The molecule has 1 amide bonds. The molecule has 0 aromatic rings. The van der Waals surface area contributed by atoms with E-state index in [1.807, 2.05) is 0 Å². The fourth-order valence-electron chi connectivity index (χ4n) is 0.651. The van der Waals surface area contributed by atoms with E-state index in [0.717, 1.165) is 4.90 Å². The second-order valence-electron chi connectivity index (χ2n) is 1.95. The molecule has 1 unspecified atom stereocenters. The van der Waals surface area contributed by atoms with E-state index in [-0.39, 0.29) is 10.1 Å². The molecule has 1 N–H and O–H groups in total. The Balaban J connectivity index is 2.99. The van der Waals surface area contributed by atoms with Crippen molar-refractivity contribution in [2.75, 3.05) is 7.05 Å². The molecule has 0 aromatic carbocycles. The Hall–Kier alpha value is -0.250. The summed E-state index contributed by atoms with van der Waals surface area (Å²) in [6.07, 6.45) is -1.07. The lowest BCUT2D eigenvalue weighted by molar-refractivity contribution is -0.129. The van der Waals surface area contributed by atoms with Gasteiger partial charge in [-0.3, -0.25) is 4.79 Å². The van der Waals surface area contributed by atoms with Crippen molar-refractivity contribution in [3.05, 3.63) is 10.1 Å². The van der Waals surface area contributed by atoms with Crippen LogP contribution in [-0.4, -0.2) is 29.2 Å². The summed E-state index contributed by atoms with van der Waals surface area (Å²) < 4.78 is 0. The largest absolute Gasteiger partial charge is 0.368 e. The molecule has 3 nitrogen and oxygen atoms in total. The molecule has 56 valence electrons. The molecule has 0 saturated heterocycles. The van der Waals surface area contributed by atoms with E-state index in [0.29, 0.717) is 0 Å². The van der Waals surface area contributed by atoms with Crippen LogP contribution >= 0.6 is 23.2 Å². The number of nitrogens with zero attached hydrogens (tertiary/aromatic N) is 1. The van der Waals surface area contributed by atoms with Gasteiger partial charge in [0.15, 0.2) is 6.23 Å². The molecule has 1 heterocycles. The number of rotatable bonds is 0. The molecule has 0 fully saturated rings. The summed E-state index contributed by atoms with van der Waals surface area (Å²) in [5.74, 6) is -0.445. The number of amides is 1. The van der Waals surface area contributed by atoms with Crippen LogP contribution in [-0.2, 0) is 4.79 Å². The third-order valence-corrected chi connectivity index (χ3v) is 2.16. The van der Waals surface area contributed by atoms with Crippen LogP contribution in [0.25, 0.3) is 0 Å². The molecule has 0 spiro atoms. The maximum Gasteiger partial charge on any atom is 0.268 e. The first kappa shape index (κ1) is 7.85. The molecular weight excluding hydrogens is 177 g/mol. The van der Waals surface area contributed by atoms with E-state index >= 15 is 0 Å². The lowest BCUT2D eigenvalue weighted by Crippen LogP contribution is -2.30. The molecule has 1 rings (SSSR count). The van der Waals surface area contributed by atoms with Gasteiger partial charge in [-0.05, 0) is 0 Å². The summed E-state index contributed by atoms with van der Waals surface area (Å²) in [6, 6.07) is 0. The molecule has 0 aliphatic carbocycles. The van der Waals surface area contributed by atoms with E-state index in [2.05, 4.69) is 0 Å². The van der Waals surface area contributed by atoms with Crippen LogP contribution in [0.3, 0.4) is 0 Å². The van der Waals surface area contributed by atoms with Crippen molar-refractivity contribution in [3.8, 4) is 0 Å². The van der Waals surface area contributed by atoms with Gasteiger partial charge in [0.05, 0.1) is 5.03 Å². The first-order valence-electron chi connectivity index (χ1n) is 2.56. The number of likely N-dealkylation sites (N-methyl/N-ethyl adjacent to an activating group) is 1. The molecule has 0 aromatic heterocycles. The third kappa shape index (κ3) is 0.905. The van der Waals surface area contributed by atoms with Crippen LogP contribution in [0.15, 0.2) is 10.1 Å². The maximum atomic E-state index is 10.8. The lowest BCUT2D eigenvalue weighted by atomic mass is 10.5. The third-order valence-electron chi connectivity index (χ3n) is 1.31. The van der Waals surface area contributed by atoms with Crippen LogP contribution in [0, 0.1) is 0 Å². The minimum Gasteiger partial charge on any atom is -0.368 e. The molecule has 5 heteroatoms. The first-order valence-corrected chi connectivity index (χ1v) is 3.31. The Labute approximate surface area is 67.8 Å². The molecule has 10 heavy (non-hydrogen) atoms. The van der Waals surface area contributed by atoms with Gasteiger partial charge in [-0.25, -0.2) is 0 Å². The maximum absolute atomic E-state index is 10.8. The summed E-state index contributed by atoms with van der Waals surface area (Å²) in [5.41, 5.74) is 0. The zero-order chi connectivity index (χ0) is 7.89. The van der Waals surface area contributed by atoms with Gasteiger partial charge in [-0.2, -0.15) is 0 Å². The van der Waals surface area contributed by atoms with Crippen molar-refractivity contribution in [3.63, 3.8) is 0 Å². The van der Waals surface area contributed by atoms with Crippen LogP contribution in [0.4, 0.5) is 0 Å². The monoisotopic (exact) mass is 181 g/mol. The number of aliphatic hydroxyl groups is 1. The highest BCUT2D eigenvalue weighted by atomic mass is 35.5. The minimum absolute atomic E-state index is 0.00540. The highest BCUT2D eigenvalue weighted by molar-refractivity contribution is 6.49. The smallest absolute Gasteiger partial charge is 0.268 e. The van der Waals surface area contributed by atoms with Gasteiger partial charge in [-0.1, -0.05) is 23.2 Å². The standard InChI is InChI=1S/C5H5Cl2NO2/c1-8-4(9)2(6)3(7)5(8)10/h4,9H,1H3. The average Bonchev–Trinajstić information content (AvgIpc) is 2.07. The Morgan fingerprint density at radius 3 is 2.20 bits per heavy atom. The summed E-state index contributed by atoms with van der Waals surface area (Å²) >= 11 is 10.8. The predicted molar refractivity (Wildman–Crippen MR) is 37.5 cm³/mol. The molecule has 1 aliphatic heterocycles. The van der Waals surface area contributed by atoms with Crippen molar-refractivity contribution >= 4 is 29.1 Å². The SMILES string of the molecule is CN1C(=O)C(Cl)=C(Cl)C1O. The summed E-state index contributed by atoms with van der Waals surface area (Å²) in [6.45, 7) is 0. The van der Waals surface area contributed by atoms with E-state index in [1.54, 1.807) is 0 Å². The normalized spacial score (nSPS) is 26.6. The first-order chi connectivity index (χ1) is 4.55. The van der Waals surface area contributed by atoms with Crippen molar-refractivity contribution in [1.29, 1.82) is 0 Å². The number of aliphatic hydroxyl groups excluding tert-OH is 1. The van der Waals surface area contributed by atoms with Gasteiger partial charge in [-0.15, -0.1) is 0 Å². The van der Waals surface area contributed by atoms with Gasteiger partial charge < -0.3 is 10.0 Å². The lowest BCUT2D eigenvalue weighted by Gasteiger charge is -2.13. The molecule has 1 aliphatic rings. The summed E-state index contributed by atoms with van der Waals surface area (Å²) in [7, 11) is 1.42.